The van der Waals surface area contributed by atoms with Gasteiger partial charge in [0, 0.05) is 68.6 Å². The number of nitrogens with zero attached hydrogens (tertiary/aromatic N) is 3. The van der Waals surface area contributed by atoms with Crippen molar-refractivity contribution >= 4 is 28.7 Å². The lowest BCUT2D eigenvalue weighted by Crippen LogP contribution is -2.23. The van der Waals surface area contributed by atoms with E-state index in [0.717, 1.165) is 30.5 Å². The Labute approximate surface area is 236 Å². The Kier molecular flexibility index (Phi) is 8.76. The van der Waals surface area contributed by atoms with E-state index in [0.29, 0.717) is 40.7 Å². The largest absolute Gasteiger partial charge is 0.489 e. The summed E-state index contributed by atoms with van der Waals surface area (Å²) < 4.78 is 26.1. The average molecular weight is 562 g/mol. The predicted molar refractivity (Wildman–Crippen MR) is 152 cm³/mol. The van der Waals surface area contributed by atoms with Crippen LogP contribution in [0, 0.1) is 0 Å². The molecule has 1 saturated heterocycles. The van der Waals surface area contributed by atoms with Gasteiger partial charge in [0.2, 0.25) is 0 Å². The number of β-amino-alcohol motifs (C(OH)–C–C–N with tert-alkyl or cyclic N) is 1. The van der Waals surface area contributed by atoms with E-state index in [-0.39, 0.29) is 31.1 Å². The molecule has 5 rings (SSSR count). The number of rotatable bonds is 10. The van der Waals surface area contributed by atoms with Gasteiger partial charge in [0.25, 0.3) is 5.91 Å². The molecule has 10 nitrogen and oxygen atoms in total. The second-order valence-electron chi connectivity index (χ2n) is 9.80. The van der Waals surface area contributed by atoms with Crippen LogP contribution in [0.25, 0.3) is 10.9 Å². The highest BCUT2D eigenvalue weighted by Gasteiger charge is 2.20. The highest BCUT2D eigenvalue weighted by Crippen LogP contribution is 2.36. The molecule has 11 heteroatoms. The van der Waals surface area contributed by atoms with Crippen LogP contribution in [-0.2, 0) is 6.54 Å². The lowest BCUT2D eigenvalue weighted by molar-refractivity contribution is 0.102. The number of hydrogen-bond acceptors (Lipinski definition) is 7. The zero-order valence-corrected chi connectivity index (χ0v) is 22.7. The summed E-state index contributed by atoms with van der Waals surface area (Å²) in [7, 11) is 1.54. The number of ether oxygens (including phenoxy) is 2. The third-order valence-electron chi connectivity index (χ3n) is 6.79. The Morgan fingerprint density at radius 2 is 1.95 bits per heavy atom. The van der Waals surface area contributed by atoms with E-state index in [9.17, 15) is 19.1 Å². The first-order valence-electron chi connectivity index (χ1n) is 13.4. The van der Waals surface area contributed by atoms with Gasteiger partial charge in [-0.05, 0) is 42.3 Å². The first-order chi connectivity index (χ1) is 19.9. The number of anilines is 1. The fourth-order valence-corrected chi connectivity index (χ4v) is 4.70. The van der Waals surface area contributed by atoms with E-state index >= 15 is 0 Å². The molecule has 41 heavy (non-hydrogen) atoms. The Hall–Kier alpha value is -4.48. The standard InChI is InChI=1S/C30H32FN5O5/c1-32-30(39)36-13-8-22-15-27(26(17-25(22)36)40-14-2-10-31)41-24-7-11-33-28(16-24)34-29(38)21-5-3-20(4-6-21)18-35-12-9-23(37)19-35/h3-8,11,13,15-17,23,37H,2,9-10,12,14,18-19H2,1H3,(H,32,39)(H,33,34,38)/t23-/m1/s1. The van der Waals surface area contributed by atoms with Crippen molar-refractivity contribution in [1.82, 2.24) is 19.8 Å². The molecule has 0 bridgehead atoms. The smallest absolute Gasteiger partial charge is 0.325 e. The molecular formula is C30H32FN5O5. The van der Waals surface area contributed by atoms with Gasteiger partial charge in [-0.2, -0.15) is 0 Å². The number of likely N-dealkylation sites (tertiary alicyclic amines) is 1. The van der Waals surface area contributed by atoms with Crippen LogP contribution in [0.15, 0.2) is 67.0 Å². The summed E-state index contributed by atoms with van der Waals surface area (Å²) >= 11 is 0. The zero-order chi connectivity index (χ0) is 28.8. The van der Waals surface area contributed by atoms with Crippen molar-refractivity contribution in [3.63, 3.8) is 0 Å². The normalized spacial score (nSPS) is 15.1. The van der Waals surface area contributed by atoms with Crippen LogP contribution in [0.5, 0.6) is 17.2 Å². The molecule has 0 unspecified atom stereocenters. The second-order valence-corrected chi connectivity index (χ2v) is 9.80. The van der Waals surface area contributed by atoms with Gasteiger partial charge in [-0.25, -0.2) is 9.78 Å². The fourth-order valence-electron chi connectivity index (χ4n) is 4.70. The van der Waals surface area contributed by atoms with Gasteiger partial charge < -0.3 is 25.2 Å². The van der Waals surface area contributed by atoms with E-state index < -0.39 is 6.67 Å². The molecule has 0 spiro atoms. The van der Waals surface area contributed by atoms with Crippen LogP contribution in [0.1, 0.15) is 28.8 Å². The number of pyridine rings is 1. The average Bonchev–Trinajstić information content (AvgIpc) is 3.58. The van der Waals surface area contributed by atoms with Crippen molar-refractivity contribution in [2.45, 2.75) is 25.5 Å². The first kappa shape index (κ1) is 28.1. The van der Waals surface area contributed by atoms with Crippen molar-refractivity contribution in [2.24, 2.45) is 0 Å². The minimum Gasteiger partial charge on any atom is -0.489 e. The number of nitrogens with one attached hydrogen (secondary N) is 2. The monoisotopic (exact) mass is 561 g/mol. The number of halogens is 1. The Morgan fingerprint density at radius 1 is 1.12 bits per heavy atom. The molecule has 4 aromatic rings. The SMILES string of the molecule is CNC(=O)n1ccc2cc(Oc3ccnc(NC(=O)c4ccc(CN5CC[C@@H](O)C5)cc4)c3)c(OCCCF)cc21. The number of carbonyl (C=O) groups is 2. The molecule has 2 amide bonds. The van der Waals surface area contributed by atoms with Crippen LogP contribution in [0.3, 0.4) is 0 Å². The number of amides is 2. The summed E-state index contributed by atoms with van der Waals surface area (Å²) in [5.41, 5.74) is 2.16. The molecule has 2 aromatic heterocycles. The molecule has 2 aromatic carbocycles. The second kappa shape index (κ2) is 12.8. The maximum absolute atomic E-state index is 12.9. The summed E-state index contributed by atoms with van der Waals surface area (Å²) in [4.78, 5) is 31.6. The summed E-state index contributed by atoms with van der Waals surface area (Å²) in [5.74, 6) is 1.11. The lowest BCUT2D eigenvalue weighted by atomic mass is 10.1. The Bertz CT molecular complexity index is 1520. The summed E-state index contributed by atoms with van der Waals surface area (Å²) in [6.45, 7) is 1.85. The van der Waals surface area contributed by atoms with Crippen LogP contribution < -0.4 is 20.1 Å². The number of alkyl halides is 1. The number of carbonyl (C=O) groups excluding carboxylic acids is 2. The number of aromatic nitrogens is 2. The molecule has 3 heterocycles. The van der Waals surface area contributed by atoms with Crippen LogP contribution in [0.2, 0.25) is 0 Å². The van der Waals surface area contributed by atoms with E-state index in [1.54, 1.807) is 55.7 Å². The molecule has 0 saturated carbocycles. The quantitative estimate of drug-likeness (QED) is 0.243. The molecule has 1 aliphatic rings. The van der Waals surface area contributed by atoms with Gasteiger partial charge >= 0.3 is 6.03 Å². The number of benzene rings is 2. The number of fused-ring (bicyclic) bond motifs is 1. The van der Waals surface area contributed by atoms with E-state index in [1.165, 1.54) is 10.8 Å². The topological polar surface area (TPSA) is 118 Å². The summed E-state index contributed by atoms with van der Waals surface area (Å²) in [6, 6.07) is 15.5. The van der Waals surface area contributed by atoms with E-state index in [1.807, 2.05) is 12.1 Å². The minimum absolute atomic E-state index is 0.134. The highest BCUT2D eigenvalue weighted by molar-refractivity contribution is 6.03. The summed E-state index contributed by atoms with van der Waals surface area (Å²) in [6.07, 6.45) is 3.88. The molecule has 0 radical (unpaired) electrons. The highest BCUT2D eigenvalue weighted by atomic mass is 19.1. The van der Waals surface area contributed by atoms with Crippen molar-refractivity contribution < 1.29 is 28.6 Å². The number of aliphatic hydroxyl groups excluding tert-OH is 1. The van der Waals surface area contributed by atoms with E-state index in [2.05, 4.69) is 20.5 Å². The predicted octanol–water partition coefficient (Wildman–Crippen LogP) is 4.57. The third-order valence-corrected chi connectivity index (χ3v) is 6.79. The lowest BCUT2D eigenvalue weighted by Gasteiger charge is -2.15. The van der Waals surface area contributed by atoms with Crippen molar-refractivity contribution in [1.29, 1.82) is 0 Å². The molecule has 1 aliphatic heterocycles. The fraction of sp³-hybridized carbons (Fsp3) is 0.300. The molecule has 0 aliphatic carbocycles. The van der Waals surface area contributed by atoms with Crippen LogP contribution in [0.4, 0.5) is 15.0 Å². The van der Waals surface area contributed by atoms with E-state index in [4.69, 9.17) is 9.47 Å². The molecule has 3 N–H and O–H groups in total. The van der Waals surface area contributed by atoms with Crippen molar-refractivity contribution in [2.75, 3.05) is 38.7 Å². The minimum atomic E-state index is -0.522. The van der Waals surface area contributed by atoms with Gasteiger partial charge in [-0.3, -0.25) is 18.7 Å². The van der Waals surface area contributed by atoms with Crippen molar-refractivity contribution in [3.8, 4) is 17.2 Å². The van der Waals surface area contributed by atoms with Crippen LogP contribution >= 0.6 is 0 Å². The van der Waals surface area contributed by atoms with Crippen LogP contribution in [-0.4, -0.2) is 71.0 Å². The molecule has 1 fully saturated rings. The van der Waals surface area contributed by atoms with Gasteiger partial charge in [0.15, 0.2) is 11.5 Å². The Balaban J connectivity index is 1.30. The Morgan fingerprint density at radius 3 is 2.68 bits per heavy atom. The molecular weight excluding hydrogens is 529 g/mol. The van der Waals surface area contributed by atoms with Gasteiger partial charge in [0.1, 0.15) is 11.6 Å². The maximum atomic E-state index is 12.9. The molecule has 214 valence electrons. The summed E-state index contributed by atoms with van der Waals surface area (Å²) in [5, 5.41) is 15.9. The number of aliphatic hydroxyl groups is 1. The molecule has 1 atom stereocenters. The first-order valence-corrected chi connectivity index (χ1v) is 13.4. The van der Waals surface area contributed by atoms with Gasteiger partial charge in [-0.15, -0.1) is 0 Å². The number of hydrogen-bond donors (Lipinski definition) is 3. The third kappa shape index (κ3) is 6.82. The zero-order valence-electron chi connectivity index (χ0n) is 22.7. The van der Waals surface area contributed by atoms with Gasteiger partial charge in [0.05, 0.1) is 24.9 Å². The van der Waals surface area contributed by atoms with Crippen molar-refractivity contribution in [3.05, 3.63) is 78.1 Å². The van der Waals surface area contributed by atoms with Gasteiger partial charge in [-0.1, -0.05) is 12.1 Å². The maximum Gasteiger partial charge on any atom is 0.325 e.